The fraction of sp³-hybridized carbons (Fsp3) is 0.0303. The molecule has 0 saturated heterocycles. The second kappa shape index (κ2) is 7.32. The van der Waals surface area contributed by atoms with Gasteiger partial charge in [0.2, 0.25) is 0 Å². The van der Waals surface area contributed by atoms with Crippen LogP contribution in [0.1, 0.15) is 33.4 Å². The van der Waals surface area contributed by atoms with E-state index in [0.717, 1.165) is 5.02 Å². The molecule has 0 nitrogen and oxygen atoms in total. The molecule has 5 aromatic carbocycles. The molecular weight excluding hydrogens is 432 g/mol. The Balaban J connectivity index is 1.67. The van der Waals surface area contributed by atoms with E-state index in [9.17, 15) is 0 Å². The van der Waals surface area contributed by atoms with E-state index in [2.05, 4.69) is 121 Å². The van der Waals surface area contributed by atoms with Crippen molar-refractivity contribution in [1.29, 1.82) is 0 Å². The van der Waals surface area contributed by atoms with Gasteiger partial charge >= 0.3 is 0 Å². The molecule has 0 saturated carbocycles. The fourth-order valence-corrected chi connectivity index (χ4v) is 6.15. The largest absolute Gasteiger partial charge is 0.0843 e. The molecule has 0 aromatic heterocycles. The average molecular weight is 453 g/mol. The van der Waals surface area contributed by atoms with Crippen LogP contribution in [0.3, 0.4) is 0 Å². The number of hydrogen-bond acceptors (Lipinski definition) is 0. The van der Waals surface area contributed by atoms with Crippen LogP contribution in [0.5, 0.6) is 0 Å². The first-order valence-corrected chi connectivity index (χ1v) is 12.0. The lowest BCUT2D eigenvalue weighted by atomic mass is 9.65. The molecular formula is C33H21Cl. The Hall–Kier alpha value is -3.87. The Labute approximate surface area is 204 Å². The number of fused-ring (bicyclic) bond motifs is 9. The van der Waals surface area contributed by atoms with Crippen molar-refractivity contribution >= 4 is 23.8 Å². The van der Waals surface area contributed by atoms with Gasteiger partial charge in [-0.1, -0.05) is 121 Å². The van der Waals surface area contributed by atoms with Gasteiger partial charge in [0.25, 0.3) is 0 Å². The molecule has 2 aliphatic rings. The Morgan fingerprint density at radius 2 is 1.12 bits per heavy atom. The first-order chi connectivity index (χ1) is 16.8. The van der Waals surface area contributed by atoms with Crippen molar-refractivity contribution in [2.45, 2.75) is 5.41 Å². The highest BCUT2D eigenvalue weighted by molar-refractivity contribution is 6.30. The van der Waals surface area contributed by atoms with Gasteiger partial charge in [-0.2, -0.15) is 0 Å². The summed E-state index contributed by atoms with van der Waals surface area (Å²) in [5, 5.41) is 0.765. The first-order valence-electron chi connectivity index (χ1n) is 11.6. The predicted molar refractivity (Wildman–Crippen MR) is 143 cm³/mol. The van der Waals surface area contributed by atoms with Crippen LogP contribution in [0, 0.1) is 0 Å². The Bertz CT molecular complexity index is 1610. The molecule has 0 heterocycles. The lowest BCUT2D eigenvalue weighted by molar-refractivity contribution is 0.766. The standard InChI is InChI=1S/C33H21Cl/c34-26-18-19-28-27-11-5-7-13-30(27)33(32(28)21-26)29-12-6-4-10-23(29)14-15-24-16-17-25(20-31(24)33)22-8-2-1-3-9-22/h1-21H. The summed E-state index contributed by atoms with van der Waals surface area (Å²) >= 11 is 6.68. The second-order valence-electron chi connectivity index (χ2n) is 9.07. The van der Waals surface area contributed by atoms with Crippen molar-refractivity contribution < 1.29 is 0 Å². The average Bonchev–Trinajstić information content (AvgIpc) is 3.08. The number of halogens is 1. The lowest BCUT2D eigenvalue weighted by Crippen LogP contribution is -2.30. The van der Waals surface area contributed by atoms with Gasteiger partial charge in [-0.15, -0.1) is 0 Å². The summed E-state index contributed by atoms with van der Waals surface area (Å²) in [7, 11) is 0. The van der Waals surface area contributed by atoms with Crippen LogP contribution in [0.4, 0.5) is 0 Å². The molecule has 0 aliphatic heterocycles. The van der Waals surface area contributed by atoms with Crippen LogP contribution in [-0.4, -0.2) is 0 Å². The van der Waals surface area contributed by atoms with Gasteiger partial charge < -0.3 is 0 Å². The molecule has 2 aliphatic carbocycles. The van der Waals surface area contributed by atoms with Gasteiger partial charge in [-0.3, -0.25) is 0 Å². The molecule has 160 valence electrons. The molecule has 5 aromatic rings. The summed E-state index contributed by atoms with van der Waals surface area (Å²) in [6.07, 6.45) is 4.53. The summed E-state index contributed by atoms with van der Waals surface area (Å²) in [6, 6.07) is 41.6. The van der Waals surface area contributed by atoms with Gasteiger partial charge in [0.05, 0.1) is 5.41 Å². The van der Waals surface area contributed by atoms with E-state index in [1.165, 1.54) is 55.6 Å². The highest BCUT2D eigenvalue weighted by atomic mass is 35.5. The number of benzene rings is 5. The third-order valence-electron chi connectivity index (χ3n) is 7.38. The molecule has 1 spiro atoms. The van der Waals surface area contributed by atoms with E-state index in [4.69, 9.17) is 11.6 Å². The predicted octanol–water partition coefficient (Wildman–Crippen LogP) is 8.85. The molecule has 0 bridgehead atoms. The van der Waals surface area contributed by atoms with Crippen LogP contribution in [0.15, 0.2) is 115 Å². The van der Waals surface area contributed by atoms with Gasteiger partial charge in [0, 0.05) is 5.02 Å². The molecule has 0 amide bonds. The zero-order valence-corrected chi connectivity index (χ0v) is 19.3. The maximum atomic E-state index is 6.68. The van der Waals surface area contributed by atoms with Crippen LogP contribution in [0.2, 0.25) is 5.02 Å². The van der Waals surface area contributed by atoms with Crippen LogP contribution in [0.25, 0.3) is 34.4 Å². The molecule has 0 radical (unpaired) electrons. The van der Waals surface area contributed by atoms with Crippen molar-refractivity contribution in [3.05, 3.63) is 154 Å². The summed E-state index contributed by atoms with van der Waals surface area (Å²) in [6.45, 7) is 0. The van der Waals surface area contributed by atoms with Crippen molar-refractivity contribution in [1.82, 2.24) is 0 Å². The highest BCUT2D eigenvalue weighted by Gasteiger charge is 2.48. The van der Waals surface area contributed by atoms with Crippen LogP contribution in [-0.2, 0) is 5.41 Å². The normalized spacial score (nSPS) is 17.0. The summed E-state index contributed by atoms with van der Waals surface area (Å²) < 4.78 is 0. The Morgan fingerprint density at radius 1 is 0.441 bits per heavy atom. The van der Waals surface area contributed by atoms with E-state index >= 15 is 0 Å². The molecule has 0 N–H and O–H groups in total. The van der Waals surface area contributed by atoms with E-state index in [1.807, 2.05) is 6.07 Å². The molecule has 1 unspecified atom stereocenters. The van der Waals surface area contributed by atoms with Crippen molar-refractivity contribution in [2.24, 2.45) is 0 Å². The zero-order chi connectivity index (χ0) is 22.7. The molecule has 7 rings (SSSR count). The molecule has 0 fully saturated rings. The van der Waals surface area contributed by atoms with Gasteiger partial charge in [0.15, 0.2) is 0 Å². The minimum atomic E-state index is -0.447. The highest BCUT2D eigenvalue weighted by Crippen LogP contribution is 2.59. The number of rotatable bonds is 1. The van der Waals surface area contributed by atoms with Gasteiger partial charge in [-0.05, 0) is 73.8 Å². The number of hydrogen-bond donors (Lipinski definition) is 0. The van der Waals surface area contributed by atoms with Crippen LogP contribution >= 0.6 is 11.6 Å². The topological polar surface area (TPSA) is 0 Å². The molecule has 34 heavy (non-hydrogen) atoms. The minimum Gasteiger partial charge on any atom is -0.0843 e. The van der Waals surface area contributed by atoms with E-state index in [1.54, 1.807) is 0 Å². The fourth-order valence-electron chi connectivity index (χ4n) is 5.98. The molecule has 1 heteroatoms. The SMILES string of the molecule is Clc1ccc2c(c1)C1(c3ccccc3C=Cc3ccc(-c4ccccc4)cc31)c1ccccc1-2. The van der Waals surface area contributed by atoms with E-state index in [0.29, 0.717) is 0 Å². The molecule has 1 atom stereocenters. The van der Waals surface area contributed by atoms with E-state index in [-0.39, 0.29) is 0 Å². The third kappa shape index (κ3) is 2.61. The monoisotopic (exact) mass is 452 g/mol. The van der Waals surface area contributed by atoms with Crippen molar-refractivity contribution in [2.75, 3.05) is 0 Å². The van der Waals surface area contributed by atoms with Gasteiger partial charge in [0.1, 0.15) is 0 Å². The van der Waals surface area contributed by atoms with Crippen molar-refractivity contribution in [3.63, 3.8) is 0 Å². The summed E-state index contributed by atoms with van der Waals surface area (Å²) in [5.41, 5.74) is 12.2. The minimum absolute atomic E-state index is 0.447. The van der Waals surface area contributed by atoms with E-state index < -0.39 is 5.41 Å². The van der Waals surface area contributed by atoms with Crippen molar-refractivity contribution in [3.8, 4) is 22.3 Å². The third-order valence-corrected chi connectivity index (χ3v) is 7.61. The maximum absolute atomic E-state index is 6.68. The maximum Gasteiger partial charge on any atom is 0.0725 e. The van der Waals surface area contributed by atoms with Crippen LogP contribution < -0.4 is 0 Å². The van der Waals surface area contributed by atoms with Gasteiger partial charge in [-0.25, -0.2) is 0 Å². The summed E-state index contributed by atoms with van der Waals surface area (Å²) in [4.78, 5) is 0. The summed E-state index contributed by atoms with van der Waals surface area (Å²) in [5.74, 6) is 0. The Morgan fingerprint density at radius 3 is 1.97 bits per heavy atom. The lowest BCUT2D eigenvalue weighted by Gasteiger charge is -2.35. The quantitative estimate of drug-likeness (QED) is 0.233. The smallest absolute Gasteiger partial charge is 0.0725 e. The Kier molecular flexibility index (Phi) is 4.21. The first kappa shape index (κ1) is 19.6. The second-order valence-corrected chi connectivity index (χ2v) is 9.51. The zero-order valence-electron chi connectivity index (χ0n) is 18.5.